The number of halogens is 1. The summed E-state index contributed by atoms with van der Waals surface area (Å²) in [6, 6.07) is 6.29. The van der Waals surface area contributed by atoms with Gasteiger partial charge in [0, 0.05) is 27.3 Å². The zero-order valence-corrected chi connectivity index (χ0v) is 11.9. The minimum absolute atomic E-state index is 0.0961. The molecule has 0 bridgehead atoms. The molecule has 86 valence electrons. The van der Waals surface area contributed by atoms with Gasteiger partial charge in [-0.1, -0.05) is 6.07 Å². The lowest BCUT2D eigenvalue weighted by Gasteiger charge is -2.10. The predicted octanol–water partition coefficient (Wildman–Crippen LogP) is 3.36. The number of nitrogens with one attached hydrogen (secondary N) is 1. The van der Waals surface area contributed by atoms with Crippen LogP contribution in [0.5, 0.6) is 0 Å². The van der Waals surface area contributed by atoms with Crippen LogP contribution < -0.4 is 11.1 Å². The van der Waals surface area contributed by atoms with Crippen LogP contribution in [-0.2, 0) is 6.54 Å². The van der Waals surface area contributed by atoms with Crippen molar-refractivity contribution in [1.29, 1.82) is 0 Å². The van der Waals surface area contributed by atoms with Gasteiger partial charge in [-0.05, 0) is 38.8 Å². The quantitative estimate of drug-likeness (QED) is 0.887. The zero-order valence-electron chi connectivity index (χ0n) is 8.65. The number of nitrogens with two attached hydrogens (primary N) is 1. The molecule has 0 fully saturated rings. The first-order valence-corrected chi connectivity index (χ1v) is 7.54. The molecule has 0 spiro atoms. The van der Waals surface area contributed by atoms with Gasteiger partial charge in [0.05, 0.1) is 6.04 Å². The van der Waals surface area contributed by atoms with Gasteiger partial charge in [-0.25, -0.2) is 0 Å². The minimum Gasteiger partial charge on any atom is -0.322 e. The third-order valence-electron chi connectivity index (χ3n) is 2.25. The van der Waals surface area contributed by atoms with Crippen LogP contribution in [0.15, 0.2) is 33.4 Å². The van der Waals surface area contributed by atoms with Gasteiger partial charge in [0.25, 0.3) is 0 Å². The van der Waals surface area contributed by atoms with E-state index in [0.29, 0.717) is 0 Å². The molecule has 16 heavy (non-hydrogen) atoms. The monoisotopic (exact) mass is 316 g/mol. The molecule has 0 saturated heterocycles. The maximum atomic E-state index is 6.06. The lowest BCUT2D eigenvalue weighted by Crippen LogP contribution is -2.25. The first kappa shape index (κ1) is 12.3. The Morgan fingerprint density at radius 2 is 2.19 bits per heavy atom. The second kappa shape index (κ2) is 5.93. The van der Waals surface area contributed by atoms with Gasteiger partial charge in [-0.2, -0.15) is 0 Å². The fourth-order valence-electron chi connectivity index (χ4n) is 1.40. The molecule has 2 rings (SSSR count). The van der Waals surface area contributed by atoms with Crippen molar-refractivity contribution in [2.24, 2.45) is 5.73 Å². The highest BCUT2D eigenvalue weighted by atomic mass is 79.9. The van der Waals surface area contributed by atoms with E-state index >= 15 is 0 Å². The summed E-state index contributed by atoms with van der Waals surface area (Å²) in [6.45, 7) is 1.68. The topological polar surface area (TPSA) is 38.0 Å². The highest BCUT2D eigenvalue weighted by Crippen LogP contribution is 2.22. The fraction of sp³-hybridized carbons (Fsp3) is 0.273. The predicted molar refractivity (Wildman–Crippen MR) is 75.0 cm³/mol. The van der Waals surface area contributed by atoms with E-state index in [1.165, 1.54) is 14.2 Å². The Labute approximate surface area is 112 Å². The molecule has 0 amide bonds. The van der Waals surface area contributed by atoms with Crippen molar-refractivity contribution in [3.05, 3.63) is 43.2 Å². The van der Waals surface area contributed by atoms with Crippen LogP contribution in [-0.4, -0.2) is 6.54 Å². The maximum Gasteiger partial charge on any atom is 0.0516 e. The fourth-order valence-corrected chi connectivity index (χ4v) is 3.59. The highest BCUT2D eigenvalue weighted by Gasteiger charge is 2.07. The van der Waals surface area contributed by atoms with Crippen molar-refractivity contribution < 1.29 is 0 Å². The van der Waals surface area contributed by atoms with E-state index < -0.39 is 0 Å². The van der Waals surface area contributed by atoms with Crippen molar-refractivity contribution in [1.82, 2.24) is 5.32 Å². The lowest BCUT2D eigenvalue weighted by molar-refractivity contribution is 0.607. The van der Waals surface area contributed by atoms with Gasteiger partial charge in [-0.15, -0.1) is 22.7 Å². The Morgan fingerprint density at radius 1 is 1.31 bits per heavy atom. The molecule has 2 nitrogen and oxygen atoms in total. The first-order valence-electron chi connectivity index (χ1n) is 4.99. The Morgan fingerprint density at radius 3 is 2.81 bits per heavy atom. The van der Waals surface area contributed by atoms with Crippen LogP contribution in [0, 0.1) is 0 Å². The Bertz CT molecular complexity index is 425. The maximum absolute atomic E-state index is 6.06. The molecule has 0 aliphatic carbocycles. The molecular formula is C11H13BrN2S2. The van der Waals surface area contributed by atoms with Crippen LogP contribution >= 0.6 is 38.6 Å². The summed E-state index contributed by atoms with van der Waals surface area (Å²) >= 11 is 6.97. The molecule has 0 aliphatic heterocycles. The molecule has 1 unspecified atom stereocenters. The number of hydrogen-bond acceptors (Lipinski definition) is 4. The average Bonchev–Trinajstić information content (AvgIpc) is 2.90. The van der Waals surface area contributed by atoms with Crippen LogP contribution in [0.25, 0.3) is 0 Å². The average molecular weight is 317 g/mol. The van der Waals surface area contributed by atoms with Crippen molar-refractivity contribution >= 4 is 38.6 Å². The molecule has 5 heteroatoms. The second-order valence-corrected chi connectivity index (χ2v) is 6.28. The molecular weight excluding hydrogens is 304 g/mol. The normalized spacial score (nSPS) is 12.9. The Kier molecular flexibility index (Phi) is 4.55. The Balaban J connectivity index is 1.78. The van der Waals surface area contributed by atoms with Gasteiger partial charge in [0.1, 0.15) is 0 Å². The van der Waals surface area contributed by atoms with E-state index in [9.17, 15) is 0 Å². The lowest BCUT2D eigenvalue weighted by atomic mass is 10.2. The number of rotatable bonds is 5. The largest absolute Gasteiger partial charge is 0.322 e. The van der Waals surface area contributed by atoms with E-state index in [1.807, 2.05) is 6.07 Å². The van der Waals surface area contributed by atoms with Crippen LogP contribution in [0.3, 0.4) is 0 Å². The molecule has 1 atom stereocenters. The smallest absolute Gasteiger partial charge is 0.0516 e. The van der Waals surface area contributed by atoms with E-state index in [0.717, 1.165) is 13.1 Å². The molecule has 2 aromatic heterocycles. The van der Waals surface area contributed by atoms with Crippen LogP contribution in [0.2, 0.25) is 0 Å². The molecule has 2 aromatic rings. The third kappa shape index (κ3) is 3.15. The summed E-state index contributed by atoms with van der Waals surface area (Å²) in [4.78, 5) is 2.55. The summed E-state index contributed by atoms with van der Waals surface area (Å²) in [6.07, 6.45) is 0. The molecule has 0 aliphatic rings. The van der Waals surface area contributed by atoms with E-state index in [1.54, 1.807) is 22.7 Å². The molecule has 3 N–H and O–H groups in total. The second-order valence-electron chi connectivity index (χ2n) is 3.44. The standard InChI is InChI=1S/C11H13BrN2S2/c12-8-3-5-16-11(8)7-14-6-9(13)10-2-1-4-15-10/h1-5,9,14H,6-7,13H2. The first-order chi connectivity index (χ1) is 7.77. The van der Waals surface area contributed by atoms with E-state index in [4.69, 9.17) is 5.73 Å². The van der Waals surface area contributed by atoms with Crippen LogP contribution in [0.1, 0.15) is 15.8 Å². The van der Waals surface area contributed by atoms with Gasteiger partial charge < -0.3 is 11.1 Å². The van der Waals surface area contributed by atoms with Crippen LogP contribution in [0.4, 0.5) is 0 Å². The zero-order chi connectivity index (χ0) is 11.4. The van der Waals surface area contributed by atoms with Crippen molar-refractivity contribution in [3.8, 4) is 0 Å². The summed E-state index contributed by atoms with van der Waals surface area (Å²) < 4.78 is 1.18. The van der Waals surface area contributed by atoms with E-state index in [2.05, 4.69) is 44.1 Å². The third-order valence-corrected chi connectivity index (χ3v) is 5.18. The van der Waals surface area contributed by atoms with Gasteiger partial charge in [0.15, 0.2) is 0 Å². The molecule has 0 aromatic carbocycles. The Hall–Kier alpha value is -0.200. The van der Waals surface area contributed by atoms with Crippen molar-refractivity contribution in [3.63, 3.8) is 0 Å². The number of hydrogen-bond donors (Lipinski definition) is 2. The van der Waals surface area contributed by atoms with Crippen molar-refractivity contribution in [2.75, 3.05) is 6.54 Å². The van der Waals surface area contributed by atoms with Gasteiger partial charge in [0.2, 0.25) is 0 Å². The summed E-state index contributed by atoms with van der Waals surface area (Å²) in [5.41, 5.74) is 6.06. The molecule has 2 heterocycles. The summed E-state index contributed by atoms with van der Waals surface area (Å²) in [7, 11) is 0. The van der Waals surface area contributed by atoms with Gasteiger partial charge >= 0.3 is 0 Å². The summed E-state index contributed by atoms with van der Waals surface area (Å²) in [5, 5.41) is 7.52. The minimum atomic E-state index is 0.0961. The number of thiophene rings is 2. The summed E-state index contributed by atoms with van der Waals surface area (Å²) in [5.74, 6) is 0. The van der Waals surface area contributed by atoms with Gasteiger partial charge in [-0.3, -0.25) is 0 Å². The SMILES string of the molecule is NC(CNCc1sccc1Br)c1cccs1. The highest BCUT2D eigenvalue weighted by molar-refractivity contribution is 9.10. The molecule has 0 radical (unpaired) electrons. The molecule has 0 saturated carbocycles. The van der Waals surface area contributed by atoms with E-state index in [-0.39, 0.29) is 6.04 Å². The van der Waals surface area contributed by atoms with Crippen molar-refractivity contribution in [2.45, 2.75) is 12.6 Å².